The van der Waals surface area contributed by atoms with Crippen LogP contribution in [0, 0.1) is 17.8 Å². The molecule has 0 amide bonds. The number of hydrogen-bond acceptors (Lipinski definition) is 7. The first-order valence-electron chi connectivity index (χ1n) is 15.2. The van der Waals surface area contributed by atoms with Crippen molar-refractivity contribution in [3.8, 4) is 5.75 Å². The molecular weight excluding hydrogens is 591 g/mol. The number of hydrogen-bond donors (Lipinski definition) is 0. The van der Waals surface area contributed by atoms with Crippen LogP contribution >= 0.6 is 0 Å². The lowest BCUT2D eigenvalue weighted by Gasteiger charge is -2.24. The molecule has 1 aromatic heterocycles. The predicted molar refractivity (Wildman–Crippen MR) is 163 cm³/mol. The van der Waals surface area contributed by atoms with Gasteiger partial charge in [-0.2, -0.15) is 13.2 Å². The Morgan fingerprint density at radius 2 is 1.75 bits per heavy atom. The SMILES string of the molecule is CCCCCOc1ccc(C(=O)[C@H]2CC[C@@H](Cn3nnc4ccc(C(F)(F)F)cc4c3=O)[C@@H]2C(=O)OCC[Si](C)(C)C)cc1. The number of carbonyl (C=O) groups is 2. The van der Waals surface area contributed by atoms with Crippen LogP contribution in [0.15, 0.2) is 47.3 Å². The molecule has 0 unspecified atom stereocenters. The van der Waals surface area contributed by atoms with Gasteiger partial charge in [-0.25, -0.2) is 4.68 Å². The summed E-state index contributed by atoms with van der Waals surface area (Å²) < 4.78 is 52.4. The molecule has 1 saturated carbocycles. The van der Waals surface area contributed by atoms with E-state index < -0.39 is 49.1 Å². The van der Waals surface area contributed by atoms with Crippen LogP contribution in [0.3, 0.4) is 0 Å². The van der Waals surface area contributed by atoms with Crippen molar-refractivity contribution in [3.63, 3.8) is 0 Å². The summed E-state index contributed by atoms with van der Waals surface area (Å²) in [7, 11) is -1.50. The van der Waals surface area contributed by atoms with Gasteiger partial charge in [0, 0.05) is 19.6 Å². The molecule has 8 nitrogen and oxygen atoms in total. The number of unbranched alkanes of at least 4 members (excludes halogenated alkanes) is 2. The minimum Gasteiger partial charge on any atom is -0.494 e. The zero-order valence-electron chi connectivity index (χ0n) is 25.7. The van der Waals surface area contributed by atoms with Gasteiger partial charge in [0.1, 0.15) is 11.3 Å². The minimum absolute atomic E-state index is 0.0406. The molecule has 0 bridgehead atoms. The Balaban J connectivity index is 1.58. The van der Waals surface area contributed by atoms with Crippen molar-refractivity contribution in [3.05, 3.63) is 63.9 Å². The van der Waals surface area contributed by atoms with E-state index >= 15 is 0 Å². The van der Waals surface area contributed by atoms with Crippen molar-refractivity contribution in [1.82, 2.24) is 15.0 Å². The summed E-state index contributed by atoms with van der Waals surface area (Å²) in [5, 5.41) is 7.69. The van der Waals surface area contributed by atoms with Gasteiger partial charge in [0.15, 0.2) is 5.78 Å². The normalized spacial score (nSPS) is 18.8. The van der Waals surface area contributed by atoms with Gasteiger partial charge in [-0.3, -0.25) is 14.4 Å². The van der Waals surface area contributed by atoms with E-state index in [4.69, 9.17) is 9.47 Å². The molecule has 0 aliphatic heterocycles. The zero-order chi connectivity index (χ0) is 32.1. The van der Waals surface area contributed by atoms with Crippen LogP contribution in [0.5, 0.6) is 5.75 Å². The summed E-state index contributed by atoms with van der Waals surface area (Å²) >= 11 is 0. The Morgan fingerprint density at radius 1 is 1.02 bits per heavy atom. The fourth-order valence-electron chi connectivity index (χ4n) is 5.56. The number of fused-ring (bicyclic) bond motifs is 1. The molecule has 12 heteroatoms. The first-order valence-corrected chi connectivity index (χ1v) is 18.9. The Bertz CT molecular complexity index is 1520. The van der Waals surface area contributed by atoms with Crippen LogP contribution in [-0.4, -0.2) is 48.0 Å². The van der Waals surface area contributed by atoms with Gasteiger partial charge >= 0.3 is 12.1 Å². The van der Waals surface area contributed by atoms with E-state index in [0.717, 1.165) is 48.2 Å². The summed E-state index contributed by atoms with van der Waals surface area (Å²) in [6.07, 6.45) is -0.714. The van der Waals surface area contributed by atoms with Crippen molar-refractivity contribution >= 4 is 30.7 Å². The zero-order valence-corrected chi connectivity index (χ0v) is 26.7. The van der Waals surface area contributed by atoms with Gasteiger partial charge in [0.2, 0.25) is 0 Å². The Morgan fingerprint density at radius 3 is 2.41 bits per heavy atom. The van der Waals surface area contributed by atoms with Crippen molar-refractivity contribution in [2.24, 2.45) is 17.8 Å². The van der Waals surface area contributed by atoms with Crippen LogP contribution in [-0.2, 0) is 22.3 Å². The molecule has 2 aromatic carbocycles. The fraction of sp³-hybridized carbons (Fsp3) is 0.531. The highest BCUT2D eigenvalue weighted by Crippen LogP contribution is 2.41. The topological polar surface area (TPSA) is 100 Å². The Hall–Kier alpha value is -3.54. The van der Waals surface area contributed by atoms with Gasteiger partial charge in [0.25, 0.3) is 5.56 Å². The van der Waals surface area contributed by atoms with Gasteiger partial charge < -0.3 is 9.47 Å². The second kappa shape index (κ2) is 14.0. The third-order valence-electron chi connectivity index (χ3n) is 8.11. The number of nitrogens with zero attached hydrogens (tertiary/aromatic N) is 3. The van der Waals surface area contributed by atoms with Gasteiger partial charge in [-0.15, -0.1) is 5.10 Å². The summed E-state index contributed by atoms with van der Waals surface area (Å²) in [6, 6.07) is 10.4. The molecule has 1 aliphatic rings. The number of halogens is 3. The quantitative estimate of drug-likeness (QED) is 0.0887. The molecule has 3 aromatic rings. The standard InChI is InChI=1S/C32H40F3N3O5Si/c1-5-6-7-16-42-24-12-8-21(9-13-24)29(39)25-14-10-22(28(25)31(41)43-17-18-44(2,3)4)20-38-30(40)26-19-23(32(33,34)35)11-15-27(26)36-37-38/h8-9,11-13,15,19,22,25,28H,5-7,10,14,16-18,20H2,1-4H3/t22-,25-,28-/m0/s1. The van der Waals surface area contributed by atoms with Crippen molar-refractivity contribution in [2.75, 3.05) is 13.2 Å². The first-order chi connectivity index (χ1) is 20.8. The molecule has 0 N–H and O–H groups in total. The summed E-state index contributed by atoms with van der Waals surface area (Å²) in [4.78, 5) is 40.5. The van der Waals surface area contributed by atoms with Gasteiger partial charge in [-0.05, 0) is 73.7 Å². The molecule has 44 heavy (non-hydrogen) atoms. The summed E-state index contributed by atoms with van der Waals surface area (Å²) in [5.74, 6) is -2.09. The van der Waals surface area contributed by atoms with E-state index in [1.165, 1.54) is 0 Å². The third-order valence-corrected chi connectivity index (χ3v) is 9.81. The maximum atomic E-state index is 13.7. The maximum absolute atomic E-state index is 13.7. The highest BCUT2D eigenvalue weighted by molar-refractivity contribution is 6.76. The molecule has 3 atom stereocenters. The van der Waals surface area contributed by atoms with Crippen LogP contribution < -0.4 is 10.3 Å². The van der Waals surface area contributed by atoms with E-state index in [-0.39, 0.29) is 29.8 Å². The highest BCUT2D eigenvalue weighted by Gasteiger charge is 2.46. The second-order valence-electron chi connectivity index (χ2n) is 12.7. The number of alkyl halides is 3. The number of ether oxygens (including phenoxy) is 2. The number of aromatic nitrogens is 3. The summed E-state index contributed by atoms with van der Waals surface area (Å²) in [5.41, 5.74) is -1.22. The van der Waals surface area contributed by atoms with Crippen molar-refractivity contribution in [1.29, 1.82) is 0 Å². The van der Waals surface area contributed by atoms with Crippen molar-refractivity contribution in [2.45, 2.75) is 77.4 Å². The number of rotatable bonds is 13. The van der Waals surface area contributed by atoms with Gasteiger partial charge in [0.05, 0.1) is 36.6 Å². The fourth-order valence-corrected chi connectivity index (χ4v) is 6.27. The monoisotopic (exact) mass is 631 g/mol. The Labute approximate surface area is 255 Å². The van der Waals surface area contributed by atoms with E-state index in [1.807, 2.05) is 0 Å². The lowest BCUT2D eigenvalue weighted by Crippen LogP contribution is -2.36. The first kappa shape index (κ1) is 33.4. The largest absolute Gasteiger partial charge is 0.494 e. The number of benzene rings is 2. The second-order valence-corrected chi connectivity index (χ2v) is 18.3. The molecule has 1 heterocycles. The molecular formula is C32H40F3N3O5Si. The number of carbonyl (C=O) groups excluding carboxylic acids is 2. The minimum atomic E-state index is -4.63. The van der Waals surface area contributed by atoms with E-state index in [2.05, 4.69) is 36.9 Å². The lowest BCUT2D eigenvalue weighted by atomic mass is 9.84. The molecule has 0 saturated heterocycles. The number of esters is 1. The smallest absolute Gasteiger partial charge is 0.416 e. The molecule has 1 aliphatic carbocycles. The third kappa shape index (κ3) is 8.34. The molecule has 238 valence electrons. The maximum Gasteiger partial charge on any atom is 0.416 e. The van der Waals surface area contributed by atoms with Crippen LogP contribution in [0.1, 0.15) is 54.9 Å². The van der Waals surface area contributed by atoms with Crippen LogP contribution in [0.25, 0.3) is 10.9 Å². The van der Waals surface area contributed by atoms with Crippen LogP contribution in [0.4, 0.5) is 13.2 Å². The van der Waals surface area contributed by atoms with E-state index in [9.17, 15) is 27.6 Å². The van der Waals surface area contributed by atoms with Crippen LogP contribution in [0.2, 0.25) is 25.7 Å². The average Bonchev–Trinajstić information content (AvgIpc) is 3.39. The lowest BCUT2D eigenvalue weighted by molar-refractivity contribution is -0.150. The molecule has 4 rings (SSSR count). The molecule has 0 spiro atoms. The average molecular weight is 632 g/mol. The van der Waals surface area contributed by atoms with Crippen molar-refractivity contribution < 1.29 is 32.2 Å². The van der Waals surface area contributed by atoms with E-state index in [1.54, 1.807) is 24.3 Å². The van der Waals surface area contributed by atoms with E-state index in [0.29, 0.717) is 30.8 Å². The number of ketones is 1. The van der Waals surface area contributed by atoms with Gasteiger partial charge in [-0.1, -0.05) is 44.6 Å². The highest BCUT2D eigenvalue weighted by atomic mass is 28.3. The molecule has 1 fully saturated rings. The predicted octanol–water partition coefficient (Wildman–Crippen LogP) is 6.79. The number of Topliss-reactive ketones (excluding diaryl/α,β-unsaturated/α-hetero) is 1. The Kier molecular flexibility index (Phi) is 10.6. The molecule has 0 radical (unpaired) electrons. The summed E-state index contributed by atoms with van der Waals surface area (Å²) in [6.45, 7) is 9.35.